The highest BCUT2D eigenvalue weighted by molar-refractivity contribution is 7.15. The number of hydrogen-bond acceptors (Lipinski definition) is 3. The van der Waals surface area contributed by atoms with Gasteiger partial charge in [0.05, 0.1) is 11.9 Å². The number of imidazole rings is 1. The summed E-state index contributed by atoms with van der Waals surface area (Å²) in [7, 11) is 0. The first-order chi connectivity index (χ1) is 10.6. The maximum absolute atomic E-state index is 12.0. The minimum Gasteiger partial charge on any atom is -0.323 e. The number of carbonyl (C=O) groups excluding carboxylic acids is 1. The maximum Gasteiger partial charge on any atom is 0.248 e. The summed E-state index contributed by atoms with van der Waals surface area (Å²) in [4.78, 5) is 17.2. The fraction of sp³-hybridized carbons (Fsp3) is 0.176. The number of rotatable bonds is 4. The maximum atomic E-state index is 12.0. The van der Waals surface area contributed by atoms with E-state index in [1.54, 1.807) is 23.6 Å². The molecule has 0 aliphatic heterocycles. The van der Waals surface area contributed by atoms with Crippen molar-refractivity contribution in [1.82, 2.24) is 9.38 Å². The lowest BCUT2D eigenvalue weighted by molar-refractivity contribution is -0.111. The van der Waals surface area contributed by atoms with Gasteiger partial charge in [0.1, 0.15) is 0 Å². The smallest absolute Gasteiger partial charge is 0.248 e. The number of carbonyl (C=O) groups is 1. The van der Waals surface area contributed by atoms with Crippen molar-refractivity contribution in [1.29, 1.82) is 0 Å². The molecule has 0 radical (unpaired) electrons. The number of thiazole rings is 1. The molecule has 1 aromatic carbocycles. The van der Waals surface area contributed by atoms with Crippen LogP contribution in [0.4, 0.5) is 5.69 Å². The molecule has 0 bridgehead atoms. The van der Waals surface area contributed by atoms with E-state index in [1.165, 1.54) is 11.6 Å². The summed E-state index contributed by atoms with van der Waals surface area (Å²) in [5, 5.41) is 4.83. The molecule has 0 saturated heterocycles. The summed E-state index contributed by atoms with van der Waals surface area (Å²) in [5.74, 6) is 0.335. The molecule has 0 saturated carbocycles. The fourth-order valence-corrected chi connectivity index (χ4v) is 2.86. The van der Waals surface area contributed by atoms with Crippen LogP contribution in [0.2, 0.25) is 0 Å². The zero-order chi connectivity index (χ0) is 15.5. The summed E-state index contributed by atoms with van der Waals surface area (Å²) in [5.41, 5.74) is 2.95. The lowest BCUT2D eigenvalue weighted by Gasteiger charge is -2.07. The Kier molecular flexibility index (Phi) is 4.06. The van der Waals surface area contributed by atoms with Crippen LogP contribution in [0.1, 0.15) is 31.0 Å². The van der Waals surface area contributed by atoms with E-state index in [4.69, 9.17) is 0 Å². The molecule has 0 aliphatic rings. The third-order valence-corrected chi connectivity index (χ3v) is 4.20. The summed E-state index contributed by atoms with van der Waals surface area (Å²) in [6.45, 7) is 4.29. The molecular formula is C17H17N3OS. The van der Waals surface area contributed by atoms with Crippen LogP contribution in [0.5, 0.6) is 0 Å². The average molecular weight is 311 g/mol. The zero-order valence-electron chi connectivity index (χ0n) is 12.5. The molecule has 5 heteroatoms. The van der Waals surface area contributed by atoms with Gasteiger partial charge in [-0.15, -0.1) is 11.3 Å². The second-order valence-electron chi connectivity index (χ2n) is 5.34. The Morgan fingerprint density at radius 2 is 2.09 bits per heavy atom. The summed E-state index contributed by atoms with van der Waals surface area (Å²) in [6.07, 6.45) is 6.99. The van der Waals surface area contributed by atoms with Gasteiger partial charge in [0, 0.05) is 23.3 Å². The van der Waals surface area contributed by atoms with Gasteiger partial charge in [0.25, 0.3) is 0 Å². The number of nitrogens with one attached hydrogen (secondary N) is 1. The van der Waals surface area contributed by atoms with E-state index in [1.807, 2.05) is 40.2 Å². The lowest BCUT2D eigenvalue weighted by Crippen LogP contribution is -2.07. The Hall–Kier alpha value is -2.40. The van der Waals surface area contributed by atoms with Crippen LogP contribution in [-0.2, 0) is 4.79 Å². The number of benzene rings is 1. The summed E-state index contributed by atoms with van der Waals surface area (Å²) >= 11 is 1.57. The van der Waals surface area contributed by atoms with Crippen molar-refractivity contribution in [3.05, 3.63) is 59.4 Å². The van der Waals surface area contributed by atoms with Crippen LogP contribution < -0.4 is 5.32 Å². The average Bonchev–Trinajstić information content (AvgIpc) is 3.09. The van der Waals surface area contributed by atoms with E-state index in [0.29, 0.717) is 5.92 Å². The van der Waals surface area contributed by atoms with Crippen molar-refractivity contribution in [2.24, 2.45) is 0 Å². The SMILES string of the molecule is CC(C)c1ccc(NC(=O)/C=C/c2cnc3sccn23)cc1. The normalized spacial score (nSPS) is 11.6. The minimum absolute atomic E-state index is 0.150. The van der Waals surface area contributed by atoms with Crippen LogP contribution in [0, 0.1) is 0 Å². The molecule has 4 nitrogen and oxygen atoms in total. The Morgan fingerprint density at radius 3 is 2.82 bits per heavy atom. The molecule has 1 N–H and O–H groups in total. The molecule has 1 amide bonds. The molecule has 0 aliphatic carbocycles. The van der Waals surface area contributed by atoms with Crippen LogP contribution in [0.15, 0.2) is 48.1 Å². The lowest BCUT2D eigenvalue weighted by atomic mass is 10.0. The monoisotopic (exact) mass is 311 g/mol. The number of hydrogen-bond donors (Lipinski definition) is 1. The van der Waals surface area contributed by atoms with Gasteiger partial charge in [-0.3, -0.25) is 9.20 Å². The van der Waals surface area contributed by atoms with E-state index >= 15 is 0 Å². The van der Waals surface area contributed by atoms with E-state index in [9.17, 15) is 4.79 Å². The quantitative estimate of drug-likeness (QED) is 0.735. The molecule has 0 unspecified atom stereocenters. The third-order valence-electron chi connectivity index (χ3n) is 3.43. The predicted molar refractivity (Wildman–Crippen MR) is 91.3 cm³/mol. The molecule has 2 heterocycles. The van der Waals surface area contributed by atoms with Gasteiger partial charge in [0.15, 0.2) is 4.96 Å². The number of aromatic nitrogens is 2. The predicted octanol–water partition coefficient (Wildman–Crippen LogP) is 4.17. The van der Waals surface area contributed by atoms with Gasteiger partial charge in [0.2, 0.25) is 5.91 Å². The van der Waals surface area contributed by atoms with Gasteiger partial charge >= 0.3 is 0 Å². The Morgan fingerprint density at radius 1 is 1.32 bits per heavy atom. The van der Waals surface area contributed by atoms with Gasteiger partial charge in [-0.05, 0) is 29.7 Å². The first-order valence-corrected chi connectivity index (χ1v) is 8.01. The van der Waals surface area contributed by atoms with Gasteiger partial charge in [-0.25, -0.2) is 4.98 Å². The standard InChI is InChI=1S/C17H17N3OS/c1-12(2)13-3-5-14(6-4-13)19-16(21)8-7-15-11-18-17-20(15)9-10-22-17/h3-12H,1-2H3,(H,19,21)/b8-7+. The largest absolute Gasteiger partial charge is 0.323 e. The molecule has 0 spiro atoms. The Labute approximate surface area is 133 Å². The van der Waals surface area contributed by atoms with Crippen LogP contribution in [-0.4, -0.2) is 15.3 Å². The minimum atomic E-state index is -0.150. The highest BCUT2D eigenvalue weighted by Gasteiger charge is 2.03. The highest BCUT2D eigenvalue weighted by Crippen LogP contribution is 2.17. The molecule has 112 valence electrons. The van der Waals surface area contributed by atoms with Crippen LogP contribution >= 0.6 is 11.3 Å². The third kappa shape index (κ3) is 3.09. The molecule has 0 fully saturated rings. The van der Waals surface area contributed by atoms with Crippen LogP contribution in [0.25, 0.3) is 11.0 Å². The van der Waals surface area contributed by atoms with Crippen molar-refractivity contribution < 1.29 is 4.79 Å². The second kappa shape index (κ2) is 6.15. The van der Waals surface area contributed by atoms with Crippen molar-refractivity contribution in [3.63, 3.8) is 0 Å². The fourth-order valence-electron chi connectivity index (χ4n) is 2.17. The number of amides is 1. The second-order valence-corrected chi connectivity index (χ2v) is 6.21. The van der Waals surface area contributed by atoms with Crippen molar-refractivity contribution in [3.8, 4) is 0 Å². The number of anilines is 1. The van der Waals surface area contributed by atoms with Crippen molar-refractivity contribution in [2.75, 3.05) is 5.32 Å². The first kappa shape index (κ1) is 14.5. The molecule has 0 atom stereocenters. The summed E-state index contributed by atoms with van der Waals surface area (Å²) in [6, 6.07) is 7.93. The Balaban J connectivity index is 1.67. The van der Waals surface area contributed by atoms with E-state index in [-0.39, 0.29) is 5.91 Å². The van der Waals surface area contributed by atoms with Crippen molar-refractivity contribution >= 4 is 34.0 Å². The molecular weight excluding hydrogens is 294 g/mol. The first-order valence-electron chi connectivity index (χ1n) is 7.13. The number of nitrogens with zero attached hydrogens (tertiary/aromatic N) is 2. The molecule has 22 heavy (non-hydrogen) atoms. The van der Waals surface area contributed by atoms with Crippen LogP contribution in [0.3, 0.4) is 0 Å². The number of fused-ring (bicyclic) bond motifs is 1. The Bertz CT molecular complexity index is 812. The summed E-state index contributed by atoms with van der Waals surface area (Å²) < 4.78 is 1.95. The molecule has 3 rings (SSSR count). The topological polar surface area (TPSA) is 46.4 Å². The highest BCUT2D eigenvalue weighted by atomic mass is 32.1. The van der Waals surface area contributed by atoms with E-state index in [2.05, 4.69) is 24.1 Å². The van der Waals surface area contributed by atoms with E-state index < -0.39 is 0 Å². The van der Waals surface area contributed by atoms with Gasteiger partial charge in [-0.2, -0.15) is 0 Å². The van der Waals surface area contributed by atoms with Gasteiger partial charge in [-0.1, -0.05) is 26.0 Å². The van der Waals surface area contributed by atoms with E-state index in [0.717, 1.165) is 16.3 Å². The van der Waals surface area contributed by atoms with Gasteiger partial charge < -0.3 is 5.32 Å². The molecule has 3 aromatic rings. The zero-order valence-corrected chi connectivity index (χ0v) is 13.3. The van der Waals surface area contributed by atoms with Crippen molar-refractivity contribution in [2.45, 2.75) is 19.8 Å². The molecule has 2 aromatic heterocycles.